The molecule has 1 saturated heterocycles. The van der Waals surface area contributed by atoms with Crippen LogP contribution in [0.5, 0.6) is 0 Å². The van der Waals surface area contributed by atoms with E-state index in [2.05, 4.69) is 25.0 Å². The monoisotopic (exact) mass is 260 g/mol. The molecule has 1 unspecified atom stereocenters. The van der Waals surface area contributed by atoms with Gasteiger partial charge < -0.3 is 15.2 Å². The van der Waals surface area contributed by atoms with Gasteiger partial charge in [0.15, 0.2) is 5.82 Å². The lowest BCUT2D eigenvalue weighted by molar-refractivity contribution is 0.306. The summed E-state index contributed by atoms with van der Waals surface area (Å²) in [7, 11) is 0. The SMILES string of the molecule is NC(CN1CCCC1)c1noc(-c2cncnc2)n1. The maximum absolute atomic E-state index is 6.11. The molecule has 2 aromatic heterocycles. The van der Waals surface area contributed by atoms with Crippen molar-refractivity contribution in [3.05, 3.63) is 24.5 Å². The molecule has 3 heterocycles. The Labute approximate surface area is 110 Å². The number of aromatic nitrogens is 4. The summed E-state index contributed by atoms with van der Waals surface area (Å²) in [4.78, 5) is 14.5. The van der Waals surface area contributed by atoms with Crippen molar-refractivity contribution in [3.8, 4) is 11.5 Å². The van der Waals surface area contributed by atoms with Crippen LogP contribution >= 0.6 is 0 Å². The third-order valence-corrected chi connectivity index (χ3v) is 3.23. The van der Waals surface area contributed by atoms with E-state index in [9.17, 15) is 0 Å². The van der Waals surface area contributed by atoms with Gasteiger partial charge in [0.2, 0.25) is 0 Å². The molecule has 1 fully saturated rings. The first-order chi connectivity index (χ1) is 9.33. The van der Waals surface area contributed by atoms with Gasteiger partial charge >= 0.3 is 0 Å². The number of likely N-dealkylation sites (tertiary alicyclic amines) is 1. The van der Waals surface area contributed by atoms with E-state index in [0.717, 1.165) is 19.6 Å². The molecule has 0 spiro atoms. The van der Waals surface area contributed by atoms with Crippen molar-refractivity contribution < 1.29 is 4.52 Å². The molecule has 0 bridgehead atoms. The van der Waals surface area contributed by atoms with E-state index < -0.39 is 0 Å². The second-order valence-corrected chi connectivity index (χ2v) is 4.70. The fourth-order valence-corrected chi connectivity index (χ4v) is 2.24. The highest BCUT2D eigenvalue weighted by Crippen LogP contribution is 2.18. The van der Waals surface area contributed by atoms with Crippen molar-refractivity contribution in [3.63, 3.8) is 0 Å². The topological polar surface area (TPSA) is 94.0 Å². The zero-order chi connectivity index (χ0) is 13.1. The lowest BCUT2D eigenvalue weighted by Gasteiger charge is -2.17. The third-order valence-electron chi connectivity index (χ3n) is 3.23. The van der Waals surface area contributed by atoms with E-state index in [-0.39, 0.29) is 6.04 Å². The first kappa shape index (κ1) is 12.2. The molecule has 0 aliphatic carbocycles. The zero-order valence-corrected chi connectivity index (χ0v) is 10.6. The van der Waals surface area contributed by atoms with Gasteiger partial charge in [0.1, 0.15) is 6.33 Å². The third kappa shape index (κ3) is 2.77. The Balaban J connectivity index is 1.70. The molecule has 0 saturated carbocycles. The van der Waals surface area contributed by atoms with E-state index >= 15 is 0 Å². The van der Waals surface area contributed by atoms with E-state index in [1.807, 2.05) is 0 Å². The van der Waals surface area contributed by atoms with Crippen LogP contribution in [-0.4, -0.2) is 44.6 Å². The van der Waals surface area contributed by atoms with Gasteiger partial charge in [-0.2, -0.15) is 4.98 Å². The van der Waals surface area contributed by atoms with Crippen molar-refractivity contribution in [1.82, 2.24) is 25.0 Å². The molecule has 0 radical (unpaired) electrons. The predicted molar refractivity (Wildman–Crippen MR) is 67.9 cm³/mol. The molecule has 1 aliphatic heterocycles. The Morgan fingerprint density at radius 1 is 1.26 bits per heavy atom. The zero-order valence-electron chi connectivity index (χ0n) is 10.6. The summed E-state index contributed by atoms with van der Waals surface area (Å²) in [6, 6.07) is -0.222. The van der Waals surface area contributed by atoms with Crippen molar-refractivity contribution in [2.24, 2.45) is 5.73 Å². The molecule has 0 amide bonds. The number of nitrogens with zero attached hydrogens (tertiary/aromatic N) is 5. The summed E-state index contributed by atoms with van der Waals surface area (Å²) in [6.45, 7) is 2.97. The summed E-state index contributed by atoms with van der Waals surface area (Å²) in [5.41, 5.74) is 6.81. The van der Waals surface area contributed by atoms with Crippen LogP contribution in [0.3, 0.4) is 0 Å². The van der Waals surface area contributed by atoms with Crippen LogP contribution in [0.2, 0.25) is 0 Å². The van der Waals surface area contributed by atoms with Crippen LogP contribution in [0.25, 0.3) is 11.5 Å². The van der Waals surface area contributed by atoms with Crippen molar-refractivity contribution >= 4 is 0 Å². The van der Waals surface area contributed by atoms with Gasteiger partial charge in [0, 0.05) is 18.9 Å². The normalized spacial score (nSPS) is 17.7. The molecule has 0 aromatic carbocycles. The summed E-state index contributed by atoms with van der Waals surface area (Å²) in [5, 5.41) is 3.94. The minimum Gasteiger partial charge on any atom is -0.334 e. The minimum absolute atomic E-state index is 0.222. The van der Waals surface area contributed by atoms with Crippen LogP contribution in [-0.2, 0) is 0 Å². The van der Waals surface area contributed by atoms with Gasteiger partial charge in [-0.15, -0.1) is 0 Å². The van der Waals surface area contributed by atoms with Gasteiger partial charge in [-0.05, 0) is 25.9 Å². The minimum atomic E-state index is -0.222. The standard InChI is InChI=1S/C12H16N6O/c13-10(7-18-3-1-2-4-18)11-16-12(19-17-11)9-5-14-8-15-6-9/h5-6,8,10H,1-4,7,13H2. The Hall–Kier alpha value is -1.86. The number of hydrogen-bond donors (Lipinski definition) is 1. The highest BCUT2D eigenvalue weighted by molar-refractivity contribution is 5.48. The van der Waals surface area contributed by atoms with Crippen LogP contribution < -0.4 is 5.73 Å². The highest BCUT2D eigenvalue weighted by Gasteiger charge is 2.20. The Morgan fingerprint density at radius 3 is 2.74 bits per heavy atom. The van der Waals surface area contributed by atoms with Crippen molar-refractivity contribution in [2.75, 3.05) is 19.6 Å². The number of hydrogen-bond acceptors (Lipinski definition) is 7. The lowest BCUT2D eigenvalue weighted by atomic mass is 10.2. The maximum Gasteiger partial charge on any atom is 0.261 e. The van der Waals surface area contributed by atoms with Gasteiger partial charge in [-0.3, -0.25) is 0 Å². The largest absolute Gasteiger partial charge is 0.334 e. The molecule has 19 heavy (non-hydrogen) atoms. The molecular formula is C12H16N6O. The highest BCUT2D eigenvalue weighted by atomic mass is 16.5. The summed E-state index contributed by atoms with van der Waals surface area (Å²) in [5.74, 6) is 0.943. The van der Waals surface area contributed by atoms with E-state index in [4.69, 9.17) is 10.3 Å². The van der Waals surface area contributed by atoms with Crippen LogP contribution in [0.1, 0.15) is 24.7 Å². The lowest BCUT2D eigenvalue weighted by Crippen LogP contribution is -2.30. The smallest absolute Gasteiger partial charge is 0.261 e. The molecule has 2 N–H and O–H groups in total. The Kier molecular flexibility index (Phi) is 3.47. The van der Waals surface area contributed by atoms with Crippen LogP contribution in [0, 0.1) is 0 Å². The average molecular weight is 260 g/mol. The molecule has 1 aliphatic rings. The van der Waals surface area contributed by atoms with Gasteiger partial charge in [-0.1, -0.05) is 5.16 Å². The van der Waals surface area contributed by atoms with E-state index in [0.29, 0.717) is 17.3 Å². The second kappa shape index (κ2) is 5.41. The fourth-order valence-electron chi connectivity index (χ4n) is 2.24. The predicted octanol–water partition coefficient (Wildman–Crippen LogP) is 0.622. The van der Waals surface area contributed by atoms with E-state index in [1.54, 1.807) is 12.4 Å². The summed E-state index contributed by atoms with van der Waals surface area (Å²) >= 11 is 0. The summed E-state index contributed by atoms with van der Waals surface area (Å²) < 4.78 is 5.20. The van der Waals surface area contributed by atoms with Crippen molar-refractivity contribution in [2.45, 2.75) is 18.9 Å². The van der Waals surface area contributed by atoms with Gasteiger partial charge in [-0.25, -0.2) is 9.97 Å². The average Bonchev–Trinajstić information content (AvgIpc) is 3.10. The van der Waals surface area contributed by atoms with Gasteiger partial charge in [0.05, 0.1) is 11.6 Å². The number of nitrogens with two attached hydrogens (primary N) is 1. The summed E-state index contributed by atoms with van der Waals surface area (Å²) in [6.07, 6.45) is 7.21. The van der Waals surface area contributed by atoms with Crippen molar-refractivity contribution in [1.29, 1.82) is 0 Å². The molecule has 100 valence electrons. The number of rotatable bonds is 4. The molecule has 7 nitrogen and oxygen atoms in total. The molecular weight excluding hydrogens is 244 g/mol. The van der Waals surface area contributed by atoms with Crippen LogP contribution in [0.15, 0.2) is 23.2 Å². The second-order valence-electron chi connectivity index (χ2n) is 4.70. The quantitative estimate of drug-likeness (QED) is 0.861. The Morgan fingerprint density at radius 2 is 2.00 bits per heavy atom. The molecule has 7 heteroatoms. The first-order valence-electron chi connectivity index (χ1n) is 6.40. The fraction of sp³-hybridized carbons (Fsp3) is 0.500. The molecule has 3 rings (SSSR count). The molecule has 1 atom stereocenters. The maximum atomic E-state index is 6.11. The van der Waals surface area contributed by atoms with E-state index in [1.165, 1.54) is 19.2 Å². The van der Waals surface area contributed by atoms with Gasteiger partial charge in [0.25, 0.3) is 5.89 Å². The Bertz CT molecular complexity index is 522. The first-order valence-corrected chi connectivity index (χ1v) is 6.40. The molecule has 2 aromatic rings. The van der Waals surface area contributed by atoms with Crippen LogP contribution in [0.4, 0.5) is 0 Å².